The van der Waals surface area contributed by atoms with E-state index in [1.807, 2.05) is 13.0 Å². The van der Waals surface area contributed by atoms with E-state index in [1.54, 1.807) is 0 Å². The highest BCUT2D eigenvalue weighted by molar-refractivity contribution is 5.05. The molecule has 1 saturated heterocycles. The molecule has 0 radical (unpaired) electrons. The predicted molar refractivity (Wildman–Crippen MR) is 63.2 cm³/mol. The van der Waals surface area contributed by atoms with E-state index in [9.17, 15) is 0 Å². The van der Waals surface area contributed by atoms with Crippen LogP contribution in [0, 0.1) is 6.92 Å². The van der Waals surface area contributed by atoms with Gasteiger partial charge in [-0.05, 0) is 44.9 Å². The van der Waals surface area contributed by atoms with Crippen LogP contribution in [0.5, 0.6) is 0 Å². The van der Waals surface area contributed by atoms with Crippen molar-refractivity contribution in [2.45, 2.75) is 45.2 Å². The maximum Gasteiger partial charge on any atom is 0.118 e. The van der Waals surface area contributed by atoms with Crippen molar-refractivity contribution in [3.05, 3.63) is 23.7 Å². The van der Waals surface area contributed by atoms with Crippen molar-refractivity contribution in [2.75, 3.05) is 13.2 Å². The number of piperidine rings is 1. The highest BCUT2D eigenvalue weighted by Gasteiger charge is 2.22. The molecule has 0 spiro atoms. The zero-order chi connectivity index (χ0) is 11.4. The van der Waals surface area contributed by atoms with Gasteiger partial charge in [-0.3, -0.25) is 4.90 Å². The van der Waals surface area contributed by atoms with Crippen LogP contribution < -0.4 is 0 Å². The number of aliphatic hydroxyl groups is 1. The number of aliphatic hydroxyl groups excluding tert-OH is 1. The first kappa shape index (κ1) is 11.7. The maximum absolute atomic E-state index is 9.06. The molecule has 0 amide bonds. The Hall–Kier alpha value is -0.800. The maximum atomic E-state index is 9.06. The number of likely N-dealkylation sites (tertiary alicyclic amines) is 1. The van der Waals surface area contributed by atoms with Gasteiger partial charge in [0.1, 0.15) is 11.5 Å². The van der Waals surface area contributed by atoms with E-state index in [2.05, 4.69) is 11.0 Å². The lowest BCUT2D eigenvalue weighted by Crippen LogP contribution is -2.39. The molecule has 0 aliphatic carbocycles. The largest absolute Gasteiger partial charge is 0.465 e. The van der Waals surface area contributed by atoms with E-state index in [0.29, 0.717) is 12.6 Å². The van der Waals surface area contributed by atoms with Crippen molar-refractivity contribution in [3.63, 3.8) is 0 Å². The Morgan fingerprint density at radius 1 is 1.44 bits per heavy atom. The number of hydrogen-bond donors (Lipinski definition) is 1. The fourth-order valence-electron chi connectivity index (χ4n) is 2.51. The van der Waals surface area contributed by atoms with Gasteiger partial charge in [0.2, 0.25) is 0 Å². The molecule has 90 valence electrons. The highest BCUT2D eigenvalue weighted by Crippen LogP contribution is 2.22. The van der Waals surface area contributed by atoms with Crippen molar-refractivity contribution in [3.8, 4) is 0 Å². The highest BCUT2D eigenvalue weighted by atomic mass is 16.3. The number of hydrogen-bond acceptors (Lipinski definition) is 3. The molecule has 0 bridgehead atoms. The van der Waals surface area contributed by atoms with Crippen LogP contribution >= 0.6 is 0 Å². The molecule has 1 unspecified atom stereocenters. The Morgan fingerprint density at radius 3 is 3.00 bits per heavy atom. The number of furan rings is 1. The van der Waals surface area contributed by atoms with E-state index in [-0.39, 0.29) is 0 Å². The van der Waals surface area contributed by atoms with E-state index >= 15 is 0 Å². The Bertz CT molecular complexity index is 319. The zero-order valence-electron chi connectivity index (χ0n) is 9.98. The molecule has 2 heterocycles. The summed E-state index contributed by atoms with van der Waals surface area (Å²) in [5.74, 6) is 2.02. The Balaban J connectivity index is 1.95. The van der Waals surface area contributed by atoms with E-state index in [1.165, 1.54) is 19.3 Å². The molecule has 2 rings (SSSR count). The van der Waals surface area contributed by atoms with Crippen LogP contribution in [0.1, 0.15) is 37.2 Å². The van der Waals surface area contributed by atoms with Crippen molar-refractivity contribution in [1.29, 1.82) is 0 Å². The van der Waals surface area contributed by atoms with Crippen LogP contribution in [0.3, 0.4) is 0 Å². The van der Waals surface area contributed by atoms with Crippen molar-refractivity contribution < 1.29 is 9.52 Å². The van der Waals surface area contributed by atoms with E-state index in [0.717, 1.165) is 31.0 Å². The van der Waals surface area contributed by atoms with Gasteiger partial charge in [0.05, 0.1) is 6.54 Å². The van der Waals surface area contributed by atoms with Gasteiger partial charge in [-0.1, -0.05) is 6.42 Å². The second-order valence-corrected chi connectivity index (χ2v) is 4.64. The first-order chi connectivity index (χ1) is 7.79. The molecule has 1 N–H and O–H groups in total. The second-order valence-electron chi connectivity index (χ2n) is 4.64. The smallest absolute Gasteiger partial charge is 0.118 e. The lowest BCUT2D eigenvalue weighted by Gasteiger charge is -2.34. The summed E-state index contributed by atoms with van der Waals surface area (Å²) in [5.41, 5.74) is 0. The summed E-state index contributed by atoms with van der Waals surface area (Å²) < 4.78 is 5.61. The summed E-state index contributed by atoms with van der Waals surface area (Å²) in [4.78, 5) is 2.44. The van der Waals surface area contributed by atoms with Gasteiger partial charge < -0.3 is 9.52 Å². The van der Waals surface area contributed by atoms with Gasteiger partial charge in [0.25, 0.3) is 0 Å². The third-order valence-corrected chi connectivity index (χ3v) is 3.37. The topological polar surface area (TPSA) is 36.6 Å². The molecule has 1 aromatic heterocycles. The summed E-state index contributed by atoms with van der Waals surface area (Å²) in [6.07, 6.45) is 4.65. The SMILES string of the molecule is Cc1ccc(CN2CCCCC2CCO)o1. The summed E-state index contributed by atoms with van der Waals surface area (Å²) in [5, 5.41) is 9.06. The molecule has 1 aliphatic heterocycles. The number of nitrogens with zero attached hydrogens (tertiary/aromatic N) is 1. The molecule has 16 heavy (non-hydrogen) atoms. The molecule has 3 heteroatoms. The minimum Gasteiger partial charge on any atom is -0.465 e. The summed E-state index contributed by atoms with van der Waals surface area (Å²) in [7, 11) is 0. The minimum atomic E-state index is 0.290. The second kappa shape index (κ2) is 5.51. The molecule has 1 fully saturated rings. The van der Waals surface area contributed by atoms with Crippen LogP contribution in [-0.2, 0) is 6.54 Å². The molecule has 1 aromatic rings. The fraction of sp³-hybridized carbons (Fsp3) is 0.692. The van der Waals surface area contributed by atoms with Crippen LogP contribution in [0.15, 0.2) is 16.5 Å². The number of aryl methyl sites for hydroxylation is 1. The summed E-state index contributed by atoms with van der Waals surface area (Å²) in [6.45, 7) is 4.28. The molecular formula is C13H21NO2. The molecule has 1 atom stereocenters. The molecule has 0 saturated carbocycles. The molecular weight excluding hydrogens is 202 g/mol. The molecule has 0 aromatic carbocycles. The minimum absolute atomic E-state index is 0.290. The monoisotopic (exact) mass is 223 g/mol. The third-order valence-electron chi connectivity index (χ3n) is 3.37. The lowest BCUT2D eigenvalue weighted by molar-refractivity contribution is 0.105. The van der Waals surface area contributed by atoms with Crippen molar-refractivity contribution in [2.24, 2.45) is 0 Å². The standard InChI is InChI=1S/C13H21NO2/c1-11-5-6-13(16-11)10-14-8-3-2-4-12(14)7-9-15/h5-6,12,15H,2-4,7-10H2,1H3. The zero-order valence-corrected chi connectivity index (χ0v) is 9.98. The van der Waals surface area contributed by atoms with Crippen LogP contribution in [0.2, 0.25) is 0 Å². The normalized spacial score (nSPS) is 22.5. The van der Waals surface area contributed by atoms with Gasteiger partial charge in [-0.25, -0.2) is 0 Å². The predicted octanol–water partition coefficient (Wildman–Crippen LogP) is 2.32. The van der Waals surface area contributed by atoms with Gasteiger partial charge in [-0.15, -0.1) is 0 Å². The summed E-state index contributed by atoms with van der Waals surface area (Å²) >= 11 is 0. The van der Waals surface area contributed by atoms with Crippen LogP contribution in [-0.4, -0.2) is 29.2 Å². The van der Waals surface area contributed by atoms with E-state index < -0.39 is 0 Å². The van der Waals surface area contributed by atoms with Gasteiger partial charge in [-0.2, -0.15) is 0 Å². The quantitative estimate of drug-likeness (QED) is 0.851. The summed E-state index contributed by atoms with van der Waals surface area (Å²) in [6, 6.07) is 4.60. The van der Waals surface area contributed by atoms with Gasteiger partial charge in [0, 0.05) is 12.6 Å². The van der Waals surface area contributed by atoms with Gasteiger partial charge >= 0.3 is 0 Å². The number of rotatable bonds is 4. The Kier molecular flexibility index (Phi) is 4.02. The first-order valence-corrected chi connectivity index (χ1v) is 6.20. The van der Waals surface area contributed by atoms with Crippen molar-refractivity contribution >= 4 is 0 Å². The Morgan fingerprint density at radius 2 is 2.31 bits per heavy atom. The van der Waals surface area contributed by atoms with E-state index in [4.69, 9.17) is 9.52 Å². The van der Waals surface area contributed by atoms with Gasteiger partial charge in [0.15, 0.2) is 0 Å². The lowest BCUT2D eigenvalue weighted by atomic mass is 9.99. The molecule has 1 aliphatic rings. The first-order valence-electron chi connectivity index (χ1n) is 6.20. The van der Waals surface area contributed by atoms with Crippen molar-refractivity contribution in [1.82, 2.24) is 4.90 Å². The molecule has 3 nitrogen and oxygen atoms in total. The average Bonchev–Trinajstić information content (AvgIpc) is 2.67. The Labute approximate surface area is 97.1 Å². The van der Waals surface area contributed by atoms with Crippen LogP contribution in [0.4, 0.5) is 0 Å². The fourth-order valence-corrected chi connectivity index (χ4v) is 2.51. The third kappa shape index (κ3) is 2.86. The van der Waals surface area contributed by atoms with Crippen LogP contribution in [0.25, 0.3) is 0 Å². The average molecular weight is 223 g/mol.